The highest BCUT2D eigenvalue weighted by Crippen LogP contribution is 2.37. The van der Waals surface area contributed by atoms with Gasteiger partial charge in [0.15, 0.2) is 5.13 Å². The Kier molecular flexibility index (Phi) is 4.21. The van der Waals surface area contributed by atoms with Gasteiger partial charge in [-0.15, -0.1) is 0 Å². The number of hydrogen-bond donors (Lipinski definition) is 1. The minimum absolute atomic E-state index is 0.00492. The topological polar surface area (TPSA) is 36.4 Å². The zero-order valence-corrected chi connectivity index (χ0v) is 13.5. The fraction of sp³-hybridized carbons (Fsp3) is 0.800. The zero-order chi connectivity index (χ0) is 14.2. The number of aliphatic hydroxyl groups excluding tert-OH is 1. The van der Waals surface area contributed by atoms with Crippen molar-refractivity contribution in [2.45, 2.75) is 65.5 Å². The molecule has 0 atom stereocenters. The monoisotopic (exact) mass is 282 g/mol. The molecule has 1 N–H and O–H groups in total. The van der Waals surface area contributed by atoms with Crippen molar-refractivity contribution in [3.05, 3.63) is 10.6 Å². The van der Waals surface area contributed by atoms with E-state index in [2.05, 4.69) is 39.5 Å². The van der Waals surface area contributed by atoms with E-state index >= 15 is 0 Å². The highest BCUT2D eigenvalue weighted by Gasteiger charge is 2.29. The summed E-state index contributed by atoms with van der Waals surface area (Å²) in [5.74, 6) is 0.849. The zero-order valence-electron chi connectivity index (χ0n) is 12.7. The second-order valence-corrected chi connectivity index (χ2v) is 7.93. The Hall–Kier alpha value is -0.610. The number of anilines is 1. The van der Waals surface area contributed by atoms with Gasteiger partial charge in [-0.2, -0.15) is 0 Å². The molecule has 19 heavy (non-hydrogen) atoms. The van der Waals surface area contributed by atoms with Gasteiger partial charge in [-0.05, 0) is 32.6 Å². The van der Waals surface area contributed by atoms with Crippen LogP contribution in [0.4, 0.5) is 5.13 Å². The molecular formula is C15H26N2OS. The van der Waals surface area contributed by atoms with E-state index in [1.165, 1.54) is 12.8 Å². The van der Waals surface area contributed by atoms with E-state index in [1.54, 1.807) is 11.3 Å². The summed E-state index contributed by atoms with van der Waals surface area (Å²) in [6.45, 7) is 12.1. The maximum atomic E-state index is 9.56. The highest BCUT2D eigenvalue weighted by atomic mass is 32.1. The van der Waals surface area contributed by atoms with E-state index in [-0.39, 0.29) is 12.0 Å². The molecule has 1 aliphatic rings. The van der Waals surface area contributed by atoms with E-state index in [0.29, 0.717) is 6.04 Å². The fourth-order valence-electron chi connectivity index (χ4n) is 2.24. The van der Waals surface area contributed by atoms with Crippen LogP contribution in [0.3, 0.4) is 0 Å². The molecule has 1 aliphatic carbocycles. The van der Waals surface area contributed by atoms with Crippen LogP contribution in [0.2, 0.25) is 0 Å². The summed E-state index contributed by atoms with van der Waals surface area (Å²) in [6.07, 6.45) is 2.71. The molecule has 1 saturated carbocycles. The molecule has 4 heteroatoms. The Morgan fingerprint density at radius 1 is 1.37 bits per heavy atom. The Morgan fingerprint density at radius 2 is 2.00 bits per heavy atom. The third kappa shape index (κ3) is 3.48. The van der Waals surface area contributed by atoms with Crippen molar-refractivity contribution in [2.24, 2.45) is 5.92 Å². The normalized spacial score (nSPS) is 16.2. The van der Waals surface area contributed by atoms with Gasteiger partial charge in [-0.3, -0.25) is 0 Å². The summed E-state index contributed by atoms with van der Waals surface area (Å²) in [7, 11) is 0. The van der Waals surface area contributed by atoms with Gasteiger partial charge in [0.1, 0.15) is 0 Å². The molecule has 2 rings (SSSR count). The van der Waals surface area contributed by atoms with Crippen LogP contribution in [-0.4, -0.2) is 22.7 Å². The van der Waals surface area contributed by atoms with Gasteiger partial charge in [-0.1, -0.05) is 32.1 Å². The first-order valence-corrected chi connectivity index (χ1v) is 8.02. The third-order valence-electron chi connectivity index (χ3n) is 3.56. The van der Waals surface area contributed by atoms with Crippen LogP contribution in [0.25, 0.3) is 0 Å². The lowest BCUT2D eigenvalue weighted by Gasteiger charge is -2.26. The quantitative estimate of drug-likeness (QED) is 0.897. The lowest BCUT2D eigenvalue weighted by Crippen LogP contribution is -2.32. The number of aliphatic hydroxyl groups is 1. The average Bonchev–Trinajstić information content (AvgIpc) is 3.01. The second kappa shape index (κ2) is 5.41. The van der Waals surface area contributed by atoms with Crippen molar-refractivity contribution in [3.63, 3.8) is 0 Å². The average molecular weight is 282 g/mol. The summed E-state index contributed by atoms with van der Waals surface area (Å²) in [5, 5.41) is 10.6. The summed E-state index contributed by atoms with van der Waals surface area (Å²) in [6, 6.07) is 0.464. The van der Waals surface area contributed by atoms with Crippen molar-refractivity contribution in [2.75, 3.05) is 11.4 Å². The lowest BCUT2D eigenvalue weighted by molar-refractivity contribution is 0.282. The molecule has 0 bridgehead atoms. The Labute approximate surface area is 120 Å². The molecule has 0 radical (unpaired) electrons. The number of hydrogen-bond acceptors (Lipinski definition) is 4. The van der Waals surface area contributed by atoms with Crippen molar-refractivity contribution >= 4 is 16.5 Å². The molecule has 0 spiro atoms. The first-order valence-electron chi connectivity index (χ1n) is 7.20. The molecule has 0 aliphatic heterocycles. The van der Waals surface area contributed by atoms with E-state index in [4.69, 9.17) is 4.98 Å². The first kappa shape index (κ1) is 14.8. The van der Waals surface area contributed by atoms with Crippen LogP contribution in [0.15, 0.2) is 0 Å². The van der Waals surface area contributed by atoms with Crippen LogP contribution >= 0.6 is 11.3 Å². The molecule has 0 amide bonds. The van der Waals surface area contributed by atoms with Gasteiger partial charge in [0, 0.05) is 18.0 Å². The van der Waals surface area contributed by atoms with Crippen LogP contribution < -0.4 is 4.90 Å². The number of aromatic nitrogens is 1. The smallest absolute Gasteiger partial charge is 0.186 e. The second-order valence-electron chi connectivity index (χ2n) is 6.87. The summed E-state index contributed by atoms with van der Waals surface area (Å²) >= 11 is 1.66. The SMILES string of the molecule is CC(C)N(CC1CC1)c1nc(C(C)(C)C)c(CO)s1. The van der Waals surface area contributed by atoms with Crippen LogP contribution in [0, 0.1) is 5.92 Å². The van der Waals surface area contributed by atoms with Gasteiger partial charge < -0.3 is 10.0 Å². The maximum absolute atomic E-state index is 9.56. The van der Waals surface area contributed by atoms with Crippen LogP contribution in [0.1, 0.15) is 58.0 Å². The fourth-order valence-corrected chi connectivity index (χ4v) is 3.52. The van der Waals surface area contributed by atoms with Crippen molar-refractivity contribution in [1.82, 2.24) is 4.98 Å². The number of rotatable bonds is 5. The Bertz CT molecular complexity index is 430. The molecular weight excluding hydrogens is 256 g/mol. The van der Waals surface area contributed by atoms with E-state index in [0.717, 1.165) is 28.2 Å². The van der Waals surface area contributed by atoms with Gasteiger partial charge in [0.25, 0.3) is 0 Å². The van der Waals surface area contributed by atoms with Crippen LogP contribution in [-0.2, 0) is 12.0 Å². The predicted molar refractivity (Wildman–Crippen MR) is 81.9 cm³/mol. The molecule has 108 valence electrons. The standard InChI is InChI=1S/C15H26N2OS/c1-10(2)17(8-11-6-7-11)14-16-13(15(3,4)5)12(9-18)19-14/h10-11,18H,6-9H2,1-5H3. The number of thiazole rings is 1. The highest BCUT2D eigenvalue weighted by molar-refractivity contribution is 7.15. The van der Waals surface area contributed by atoms with Gasteiger partial charge in [0.2, 0.25) is 0 Å². The van der Waals surface area contributed by atoms with Crippen molar-refractivity contribution in [3.8, 4) is 0 Å². The minimum Gasteiger partial charge on any atom is -0.391 e. The molecule has 0 saturated heterocycles. The van der Waals surface area contributed by atoms with Gasteiger partial charge >= 0.3 is 0 Å². The molecule has 1 fully saturated rings. The molecule has 1 aromatic heterocycles. The summed E-state index contributed by atoms with van der Waals surface area (Å²) in [5.41, 5.74) is 1.05. The van der Waals surface area contributed by atoms with Gasteiger partial charge in [0.05, 0.1) is 17.2 Å². The van der Waals surface area contributed by atoms with Crippen LogP contribution in [0.5, 0.6) is 0 Å². The minimum atomic E-state index is -0.00492. The van der Waals surface area contributed by atoms with E-state index < -0.39 is 0 Å². The van der Waals surface area contributed by atoms with Gasteiger partial charge in [-0.25, -0.2) is 4.98 Å². The molecule has 1 aromatic rings. The summed E-state index contributed by atoms with van der Waals surface area (Å²) in [4.78, 5) is 8.26. The van der Waals surface area contributed by atoms with Crippen molar-refractivity contribution in [1.29, 1.82) is 0 Å². The lowest BCUT2D eigenvalue weighted by atomic mass is 9.91. The van der Waals surface area contributed by atoms with E-state index in [1.807, 2.05) is 0 Å². The first-order chi connectivity index (χ1) is 8.82. The van der Waals surface area contributed by atoms with E-state index in [9.17, 15) is 5.11 Å². The maximum Gasteiger partial charge on any atom is 0.186 e. The van der Waals surface area contributed by atoms with Crippen molar-refractivity contribution < 1.29 is 5.11 Å². The molecule has 0 unspecified atom stereocenters. The molecule has 1 heterocycles. The third-order valence-corrected chi connectivity index (χ3v) is 4.64. The Morgan fingerprint density at radius 3 is 2.37 bits per heavy atom. The largest absolute Gasteiger partial charge is 0.391 e. The predicted octanol–water partition coefficient (Wildman–Crippen LogP) is 3.56. The Balaban J connectivity index is 2.29. The molecule has 3 nitrogen and oxygen atoms in total. The molecule has 0 aromatic carbocycles. The number of nitrogens with zero attached hydrogens (tertiary/aromatic N) is 2. The summed E-state index contributed by atoms with van der Waals surface area (Å²) < 4.78 is 0.